The van der Waals surface area contributed by atoms with Crippen molar-refractivity contribution >= 4 is 6.29 Å². The number of halogens is 3. The van der Waals surface area contributed by atoms with Crippen LogP contribution in [0, 0.1) is 17.8 Å². The van der Waals surface area contributed by atoms with E-state index in [9.17, 15) is 13.2 Å². The summed E-state index contributed by atoms with van der Waals surface area (Å²) in [7, 11) is 0. The second-order valence-electron chi connectivity index (χ2n) is 4.23. The summed E-state index contributed by atoms with van der Waals surface area (Å²) in [6, 6.07) is 0. The third kappa shape index (κ3) is 3.68. The average Bonchev–Trinajstić information content (AvgIpc) is 2.78. The van der Waals surface area contributed by atoms with Gasteiger partial charge in [0.25, 0.3) is 0 Å². The van der Waals surface area contributed by atoms with Gasteiger partial charge in [-0.2, -0.15) is 13.2 Å². The van der Waals surface area contributed by atoms with E-state index in [1.165, 1.54) is 25.7 Å². The van der Waals surface area contributed by atoms with Crippen LogP contribution in [0.3, 0.4) is 0 Å². The van der Waals surface area contributed by atoms with Crippen LogP contribution < -0.4 is 0 Å². The molecule has 2 saturated carbocycles. The first-order valence-corrected chi connectivity index (χ1v) is 5.12. The Morgan fingerprint density at radius 3 is 2.00 bits per heavy atom. The van der Waals surface area contributed by atoms with Crippen molar-refractivity contribution in [3.8, 4) is 0 Å². The van der Waals surface area contributed by atoms with Gasteiger partial charge < -0.3 is 0 Å². The van der Waals surface area contributed by atoms with Crippen molar-refractivity contribution in [2.45, 2.75) is 31.9 Å². The minimum Gasteiger partial charge on any atom is -0.293 e. The molecule has 0 N–H and O–H groups in total. The molecular weight excluding hydrogens is 205 g/mol. The minimum atomic E-state index is -4.64. The lowest BCUT2D eigenvalue weighted by Crippen LogP contribution is -2.07. The first-order chi connectivity index (χ1) is 6.96. The second-order valence-corrected chi connectivity index (χ2v) is 4.23. The largest absolute Gasteiger partial charge is 0.446 e. The highest BCUT2D eigenvalue weighted by atomic mass is 19.4. The van der Waals surface area contributed by atoms with Crippen LogP contribution in [-0.2, 0) is 4.79 Å². The average molecular weight is 220 g/mol. The fourth-order valence-corrected chi connectivity index (χ4v) is 2.58. The van der Waals surface area contributed by atoms with Gasteiger partial charge in [0.2, 0.25) is 6.29 Å². The number of rotatable bonds is 1. The zero-order chi connectivity index (χ0) is 11.5. The monoisotopic (exact) mass is 220 g/mol. The van der Waals surface area contributed by atoms with E-state index in [-0.39, 0.29) is 0 Å². The summed E-state index contributed by atoms with van der Waals surface area (Å²) in [5, 5.41) is 0. The lowest BCUT2D eigenvalue weighted by molar-refractivity contribution is -0.156. The van der Waals surface area contributed by atoms with Gasteiger partial charge in [0.15, 0.2) is 0 Å². The molecule has 4 heteroatoms. The maximum atomic E-state index is 10.4. The van der Waals surface area contributed by atoms with Crippen LogP contribution >= 0.6 is 0 Å². The van der Waals surface area contributed by atoms with Crippen molar-refractivity contribution in [1.29, 1.82) is 0 Å². The molecule has 3 atom stereocenters. The first-order valence-electron chi connectivity index (χ1n) is 5.12. The summed E-state index contributed by atoms with van der Waals surface area (Å²) in [5.41, 5.74) is 0. The molecule has 2 bridgehead atoms. The summed E-state index contributed by atoms with van der Waals surface area (Å²) in [5.74, 6) is 3.01. The van der Waals surface area contributed by atoms with Crippen LogP contribution in [0.5, 0.6) is 0 Å². The molecule has 2 rings (SSSR count). The molecule has 0 aromatic carbocycles. The summed E-state index contributed by atoms with van der Waals surface area (Å²) in [6.07, 6.45) is 2.43. The minimum absolute atomic E-state index is 0.892. The van der Waals surface area contributed by atoms with E-state index in [1.54, 1.807) is 0 Å². The predicted molar refractivity (Wildman–Crippen MR) is 51.3 cm³/mol. The molecule has 15 heavy (non-hydrogen) atoms. The fourth-order valence-electron chi connectivity index (χ4n) is 2.58. The number of hydrogen-bond acceptors (Lipinski definition) is 1. The highest BCUT2D eigenvalue weighted by Crippen LogP contribution is 2.48. The summed E-state index contributed by atoms with van der Waals surface area (Å²) < 4.78 is 31.2. The predicted octanol–water partition coefficient (Wildman–Crippen LogP) is 3.36. The molecule has 0 saturated heterocycles. The van der Waals surface area contributed by atoms with Gasteiger partial charge in [-0.1, -0.05) is 12.5 Å². The highest BCUT2D eigenvalue weighted by molar-refractivity contribution is 5.56. The summed E-state index contributed by atoms with van der Waals surface area (Å²) in [6.45, 7) is 3.86. The van der Waals surface area contributed by atoms with Crippen molar-refractivity contribution in [3.05, 3.63) is 12.7 Å². The lowest BCUT2D eigenvalue weighted by atomic mass is 9.89. The molecule has 2 aliphatic carbocycles. The zero-order valence-corrected chi connectivity index (χ0v) is 8.46. The number of fused-ring (bicyclic) bond motifs is 2. The van der Waals surface area contributed by atoms with Gasteiger partial charge in [-0.25, -0.2) is 0 Å². The Bertz CT molecular complexity index is 234. The van der Waals surface area contributed by atoms with Crippen LogP contribution in [0.15, 0.2) is 12.7 Å². The van der Waals surface area contributed by atoms with Crippen molar-refractivity contribution < 1.29 is 18.0 Å². The second kappa shape index (κ2) is 4.81. The first kappa shape index (κ1) is 12.3. The Labute approximate surface area is 87.4 Å². The molecule has 0 radical (unpaired) electrons. The fraction of sp³-hybridized carbons (Fsp3) is 0.727. The van der Waals surface area contributed by atoms with Crippen LogP contribution in [0.4, 0.5) is 13.2 Å². The normalized spacial score (nSPS) is 33.1. The van der Waals surface area contributed by atoms with Crippen LogP contribution in [0.2, 0.25) is 0 Å². The Hall–Kier alpha value is -0.800. The summed E-state index contributed by atoms with van der Waals surface area (Å²) >= 11 is 0. The van der Waals surface area contributed by atoms with Gasteiger partial charge >= 0.3 is 6.18 Å². The van der Waals surface area contributed by atoms with E-state index >= 15 is 0 Å². The zero-order valence-electron chi connectivity index (χ0n) is 8.46. The van der Waals surface area contributed by atoms with Crippen LogP contribution in [0.25, 0.3) is 0 Å². The molecule has 1 nitrogen and oxygen atoms in total. The smallest absolute Gasteiger partial charge is 0.293 e. The van der Waals surface area contributed by atoms with Gasteiger partial charge in [0.05, 0.1) is 0 Å². The molecule has 2 aliphatic rings. The number of carbonyl (C=O) groups is 1. The molecule has 2 fully saturated rings. The Morgan fingerprint density at radius 1 is 1.20 bits per heavy atom. The van der Waals surface area contributed by atoms with Crippen LogP contribution in [0.1, 0.15) is 25.7 Å². The standard InChI is InChI=1S/C9H14.C2HF3O/c1-2-8-5-7-3-4-9(8)6-7;3-2(4,5)1-6/h2,7-9H,1,3-6H2;1H. The van der Waals surface area contributed by atoms with E-state index < -0.39 is 12.5 Å². The van der Waals surface area contributed by atoms with Crippen molar-refractivity contribution in [2.75, 3.05) is 0 Å². The maximum Gasteiger partial charge on any atom is 0.446 e. The number of aldehydes is 1. The van der Waals surface area contributed by atoms with Gasteiger partial charge in [0, 0.05) is 0 Å². The maximum absolute atomic E-state index is 10.4. The van der Waals surface area contributed by atoms with Crippen molar-refractivity contribution in [3.63, 3.8) is 0 Å². The van der Waals surface area contributed by atoms with E-state index in [0.717, 1.165) is 17.8 Å². The third-order valence-corrected chi connectivity index (χ3v) is 3.23. The van der Waals surface area contributed by atoms with Gasteiger partial charge in [-0.15, -0.1) is 6.58 Å². The van der Waals surface area contributed by atoms with E-state index in [2.05, 4.69) is 12.7 Å². The quantitative estimate of drug-likeness (QED) is 0.489. The molecule has 3 unspecified atom stereocenters. The molecule has 0 heterocycles. The van der Waals surface area contributed by atoms with Crippen molar-refractivity contribution in [2.24, 2.45) is 17.8 Å². The van der Waals surface area contributed by atoms with Gasteiger partial charge in [-0.3, -0.25) is 4.79 Å². The lowest BCUT2D eigenvalue weighted by Gasteiger charge is -2.16. The molecular formula is C11H15F3O. The Balaban J connectivity index is 0.000000167. The van der Waals surface area contributed by atoms with E-state index in [1.807, 2.05) is 0 Å². The third-order valence-electron chi connectivity index (χ3n) is 3.23. The molecule has 0 aromatic heterocycles. The number of alkyl halides is 3. The van der Waals surface area contributed by atoms with Crippen molar-refractivity contribution in [1.82, 2.24) is 0 Å². The molecule has 0 aromatic rings. The van der Waals surface area contributed by atoms with Gasteiger partial charge in [0.1, 0.15) is 0 Å². The van der Waals surface area contributed by atoms with E-state index in [4.69, 9.17) is 4.79 Å². The molecule has 86 valence electrons. The number of carbonyl (C=O) groups excluding carboxylic acids is 1. The van der Waals surface area contributed by atoms with E-state index in [0.29, 0.717) is 0 Å². The highest BCUT2D eigenvalue weighted by Gasteiger charge is 2.37. The molecule has 0 spiro atoms. The van der Waals surface area contributed by atoms with Gasteiger partial charge in [-0.05, 0) is 37.0 Å². The SMILES string of the molecule is C=CC1CC2CCC1C2.O=CC(F)(F)F. The van der Waals surface area contributed by atoms with Crippen LogP contribution in [-0.4, -0.2) is 12.5 Å². The Morgan fingerprint density at radius 2 is 1.80 bits per heavy atom. The Kier molecular flexibility index (Phi) is 3.94. The molecule has 0 aliphatic heterocycles. The topological polar surface area (TPSA) is 17.1 Å². The number of hydrogen-bond donors (Lipinski definition) is 0. The summed E-state index contributed by atoms with van der Waals surface area (Å²) in [4.78, 5) is 8.70. The number of allylic oxidation sites excluding steroid dienone is 1. The molecule has 0 amide bonds.